The number of aryl methyl sites for hydroxylation is 1. The third-order valence-electron chi connectivity index (χ3n) is 5.02. The molecule has 2 aliphatic rings. The van der Waals surface area contributed by atoms with Crippen LogP contribution in [0.5, 0.6) is 5.75 Å². The summed E-state index contributed by atoms with van der Waals surface area (Å²) in [6.07, 6.45) is 6.25. The van der Waals surface area contributed by atoms with Crippen molar-refractivity contribution in [2.24, 2.45) is 4.99 Å². The molecule has 5 heteroatoms. The Morgan fingerprint density at radius 2 is 2.12 bits per heavy atom. The van der Waals surface area contributed by atoms with E-state index in [-0.39, 0.29) is 0 Å². The molecule has 0 saturated carbocycles. The summed E-state index contributed by atoms with van der Waals surface area (Å²) in [5, 5.41) is 10.1. The fourth-order valence-electron chi connectivity index (χ4n) is 3.61. The monoisotopic (exact) mass is 336 g/mol. The van der Waals surface area contributed by atoms with Gasteiger partial charge in [0.05, 0.1) is 11.4 Å². The van der Waals surface area contributed by atoms with Gasteiger partial charge in [-0.1, -0.05) is 17.7 Å². The zero-order valence-corrected chi connectivity index (χ0v) is 14.7. The molecule has 0 saturated heterocycles. The number of aliphatic imine (C=N–C) groups is 1. The Labute approximate surface area is 148 Å². The molecule has 130 valence electrons. The Morgan fingerprint density at radius 3 is 2.96 bits per heavy atom. The van der Waals surface area contributed by atoms with Gasteiger partial charge in [-0.3, -0.25) is 9.89 Å². The number of phenols is 1. The number of hydrogen-bond acceptors (Lipinski definition) is 5. The predicted molar refractivity (Wildman–Crippen MR) is 97.9 cm³/mol. The van der Waals surface area contributed by atoms with Gasteiger partial charge in [-0.2, -0.15) is 0 Å². The molecule has 0 amide bonds. The first-order chi connectivity index (χ1) is 12.2. The van der Waals surface area contributed by atoms with Gasteiger partial charge < -0.3 is 5.11 Å². The van der Waals surface area contributed by atoms with Crippen LogP contribution in [0.1, 0.15) is 47.5 Å². The molecule has 1 aromatic carbocycles. The van der Waals surface area contributed by atoms with Crippen molar-refractivity contribution in [2.75, 3.05) is 13.1 Å². The van der Waals surface area contributed by atoms with Gasteiger partial charge in [0.2, 0.25) is 0 Å². The first kappa shape index (κ1) is 16.2. The molecule has 3 heterocycles. The van der Waals surface area contributed by atoms with Crippen LogP contribution in [0.15, 0.2) is 29.4 Å². The molecule has 0 aliphatic carbocycles. The Kier molecular flexibility index (Phi) is 4.49. The van der Waals surface area contributed by atoms with Gasteiger partial charge in [0.25, 0.3) is 0 Å². The van der Waals surface area contributed by atoms with E-state index in [1.807, 2.05) is 12.3 Å². The molecular weight excluding hydrogens is 312 g/mol. The van der Waals surface area contributed by atoms with Gasteiger partial charge in [-0.15, -0.1) is 0 Å². The van der Waals surface area contributed by atoms with E-state index in [4.69, 9.17) is 4.98 Å². The van der Waals surface area contributed by atoms with Crippen molar-refractivity contribution < 1.29 is 5.11 Å². The number of phenolic OH excluding ortho intramolecular Hbond substituents is 1. The third-order valence-corrected chi connectivity index (χ3v) is 5.02. The highest BCUT2D eigenvalue weighted by molar-refractivity contribution is 5.97. The summed E-state index contributed by atoms with van der Waals surface area (Å²) in [5.74, 6) is 1.20. The van der Waals surface area contributed by atoms with Crippen LogP contribution in [0.25, 0.3) is 0 Å². The van der Waals surface area contributed by atoms with Gasteiger partial charge in [0.1, 0.15) is 5.75 Å². The average Bonchev–Trinajstić information content (AvgIpc) is 2.65. The van der Waals surface area contributed by atoms with Crippen LogP contribution in [-0.4, -0.2) is 38.8 Å². The van der Waals surface area contributed by atoms with Crippen LogP contribution in [0.4, 0.5) is 0 Å². The molecule has 0 bridgehead atoms. The number of fused-ring (bicyclic) bond motifs is 1. The molecule has 2 aliphatic heterocycles. The molecule has 1 N–H and O–H groups in total. The lowest BCUT2D eigenvalue weighted by Gasteiger charge is -2.28. The molecule has 2 aromatic rings. The van der Waals surface area contributed by atoms with Gasteiger partial charge >= 0.3 is 0 Å². The number of aromatic hydroxyl groups is 1. The van der Waals surface area contributed by atoms with Crippen molar-refractivity contribution in [3.8, 4) is 5.75 Å². The van der Waals surface area contributed by atoms with Gasteiger partial charge in [-0.25, -0.2) is 9.97 Å². The normalized spacial score (nSPS) is 17.9. The number of benzene rings is 1. The number of nitrogens with zero attached hydrogens (tertiary/aromatic N) is 4. The standard InChI is InChI=1S/C20H24N4O/c1-14-5-6-19(25)15(10-14)12-24-9-7-17-16(13-24)11-22-20(23-17)18-4-2-3-8-21-18/h5-6,10-11,25H,2-4,7-9,12-13H2,1H3. The molecule has 4 rings (SSSR count). The number of hydrogen-bond donors (Lipinski definition) is 1. The molecule has 0 fully saturated rings. The quantitative estimate of drug-likeness (QED) is 0.936. The third kappa shape index (κ3) is 3.56. The second-order valence-electron chi connectivity index (χ2n) is 7.04. The molecule has 0 atom stereocenters. The Hall–Kier alpha value is -2.27. The average molecular weight is 336 g/mol. The maximum atomic E-state index is 10.1. The zero-order chi connectivity index (χ0) is 17.2. The smallest absolute Gasteiger partial charge is 0.173 e. The van der Waals surface area contributed by atoms with Crippen LogP contribution in [0.3, 0.4) is 0 Å². The lowest BCUT2D eigenvalue weighted by molar-refractivity contribution is 0.239. The molecular formula is C20H24N4O. The van der Waals surface area contributed by atoms with E-state index in [0.29, 0.717) is 5.75 Å². The van der Waals surface area contributed by atoms with Crippen LogP contribution in [0.2, 0.25) is 0 Å². The summed E-state index contributed by atoms with van der Waals surface area (Å²) >= 11 is 0. The highest BCUT2D eigenvalue weighted by Crippen LogP contribution is 2.24. The van der Waals surface area contributed by atoms with E-state index in [1.54, 1.807) is 6.07 Å². The summed E-state index contributed by atoms with van der Waals surface area (Å²) in [6.45, 7) is 5.49. The molecule has 0 radical (unpaired) electrons. The minimum Gasteiger partial charge on any atom is -0.508 e. The van der Waals surface area contributed by atoms with Crippen molar-refractivity contribution in [2.45, 2.75) is 45.7 Å². The van der Waals surface area contributed by atoms with Crippen LogP contribution < -0.4 is 0 Å². The molecule has 1 aromatic heterocycles. The van der Waals surface area contributed by atoms with Crippen molar-refractivity contribution in [1.29, 1.82) is 0 Å². The first-order valence-electron chi connectivity index (χ1n) is 9.08. The predicted octanol–water partition coefficient (Wildman–Crippen LogP) is 3.02. The summed E-state index contributed by atoms with van der Waals surface area (Å²) in [6, 6.07) is 5.78. The van der Waals surface area contributed by atoms with Gasteiger partial charge in [-0.05, 0) is 32.3 Å². The molecule has 0 spiro atoms. The highest BCUT2D eigenvalue weighted by Gasteiger charge is 2.21. The lowest BCUT2D eigenvalue weighted by atomic mass is 10.0. The van der Waals surface area contributed by atoms with E-state index < -0.39 is 0 Å². The fraction of sp³-hybridized carbons (Fsp3) is 0.450. The van der Waals surface area contributed by atoms with E-state index in [1.165, 1.54) is 24.0 Å². The summed E-state index contributed by atoms with van der Waals surface area (Å²) in [4.78, 5) is 16.3. The maximum absolute atomic E-state index is 10.1. The molecule has 0 unspecified atom stereocenters. The topological polar surface area (TPSA) is 61.6 Å². The number of aromatic nitrogens is 2. The summed E-state index contributed by atoms with van der Waals surface area (Å²) in [5.41, 5.74) is 5.58. The van der Waals surface area contributed by atoms with Crippen LogP contribution in [0, 0.1) is 6.92 Å². The van der Waals surface area contributed by atoms with Crippen molar-refractivity contribution in [3.63, 3.8) is 0 Å². The van der Waals surface area contributed by atoms with Gasteiger partial charge in [0, 0.05) is 49.9 Å². The van der Waals surface area contributed by atoms with Gasteiger partial charge in [0.15, 0.2) is 5.82 Å². The summed E-state index contributed by atoms with van der Waals surface area (Å²) in [7, 11) is 0. The van der Waals surface area contributed by atoms with Crippen molar-refractivity contribution in [3.05, 3.63) is 52.6 Å². The van der Waals surface area contributed by atoms with E-state index in [0.717, 1.165) is 61.8 Å². The summed E-state index contributed by atoms with van der Waals surface area (Å²) < 4.78 is 0. The van der Waals surface area contributed by atoms with E-state index in [2.05, 4.69) is 27.9 Å². The lowest BCUT2D eigenvalue weighted by Crippen LogP contribution is -2.31. The Morgan fingerprint density at radius 1 is 1.20 bits per heavy atom. The maximum Gasteiger partial charge on any atom is 0.173 e. The molecule has 5 nitrogen and oxygen atoms in total. The first-order valence-corrected chi connectivity index (χ1v) is 9.08. The number of rotatable bonds is 3. The minimum atomic E-state index is 0.373. The minimum absolute atomic E-state index is 0.373. The highest BCUT2D eigenvalue weighted by atomic mass is 16.3. The van der Waals surface area contributed by atoms with Crippen molar-refractivity contribution in [1.82, 2.24) is 14.9 Å². The molecule has 25 heavy (non-hydrogen) atoms. The zero-order valence-electron chi connectivity index (χ0n) is 14.7. The van der Waals surface area contributed by atoms with E-state index >= 15 is 0 Å². The fourth-order valence-corrected chi connectivity index (χ4v) is 3.61. The van der Waals surface area contributed by atoms with Crippen LogP contribution in [-0.2, 0) is 19.5 Å². The largest absolute Gasteiger partial charge is 0.508 e. The van der Waals surface area contributed by atoms with Crippen molar-refractivity contribution >= 4 is 5.71 Å². The Bertz CT molecular complexity index is 815. The van der Waals surface area contributed by atoms with E-state index in [9.17, 15) is 5.11 Å². The SMILES string of the molecule is Cc1ccc(O)c(CN2CCc3nc(C4=NCCCC4)ncc3C2)c1. The second-order valence-corrected chi connectivity index (χ2v) is 7.04. The second kappa shape index (κ2) is 6.92. The van der Waals surface area contributed by atoms with Crippen LogP contribution >= 0.6 is 0 Å². The Balaban J connectivity index is 1.50.